The monoisotopic (exact) mass is 638 g/mol. The summed E-state index contributed by atoms with van der Waals surface area (Å²) in [5, 5.41) is 9.62. The molecule has 13 heteroatoms. The van der Waals surface area contributed by atoms with Crippen LogP contribution >= 0.6 is 46.3 Å². The SMILES string of the molecule is CCN1C(=O)C2(c3ccccc31)c1c(oc3ccc(F)cc3c1=O)C(=O)N2c1nnc(SCc2ccc(Cl)cc2Cl)s1. The van der Waals surface area contributed by atoms with Crippen molar-refractivity contribution >= 4 is 79.9 Å². The van der Waals surface area contributed by atoms with Gasteiger partial charge in [-0.1, -0.05) is 70.6 Å². The van der Waals surface area contributed by atoms with Crippen molar-refractivity contribution < 1.29 is 18.4 Å². The largest absolute Gasteiger partial charge is 0.450 e. The molecule has 4 heterocycles. The Morgan fingerprint density at radius 1 is 1.05 bits per heavy atom. The number of amides is 2. The van der Waals surface area contributed by atoms with Gasteiger partial charge in [0.2, 0.25) is 10.9 Å². The van der Waals surface area contributed by atoms with E-state index in [4.69, 9.17) is 27.6 Å². The fourth-order valence-corrected chi connectivity index (χ4v) is 8.03. The molecule has 0 N–H and O–H groups in total. The topological polar surface area (TPSA) is 96.6 Å². The molecule has 2 amide bonds. The van der Waals surface area contributed by atoms with E-state index in [1.807, 2.05) is 6.07 Å². The van der Waals surface area contributed by atoms with Crippen molar-refractivity contribution in [2.75, 3.05) is 16.3 Å². The molecule has 0 aliphatic carbocycles. The molecule has 3 aromatic carbocycles. The second-order valence-corrected chi connectivity index (χ2v) is 12.6. The van der Waals surface area contributed by atoms with Gasteiger partial charge in [-0.25, -0.2) is 4.39 Å². The maximum Gasteiger partial charge on any atom is 0.297 e. The lowest BCUT2D eigenvalue weighted by atomic mass is 9.84. The number of nitrogens with zero attached hydrogens (tertiary/aromatic N) is 4. The molecule has 2 aliphatic heterocycles. The Morgan fingerprint density at radius 3 is 2.64 bits per heavy atom. The standard InChI is InChI=1S/C29H17Cl2FN4O4S2/c1-2-35-20-6-4-3-5-18(20)29(26(35)39)22-23(37)17-12-16(32)9-10-21(17)40-24(22)25(38)36(29)27-33-34-28(42-27)41-13-14-7-8-15(30)11-19(14)31/h3-12H,2,13H2,1H3. The number of benzene rings is 3. The average Bonchev–Trinajstić information content (AvgIpc) is 3.61. The number of anilines is 2. The van der Waals surface area contributed by atoms with Gasteiger partial charge < -0.3 is 9.32 Å². The van der Waals surface area contributed by atoms with Crippen LogP contribution in [0.1, 0.15) is 34.2 Å². The van der Waals surface area contributed by atoms with Crippen molar-refractivity contribution in [3.05, 3.63) is 109 Å². The molecule has 8 nitrogen and oxygen atoms in total. The van der Waals surface area contributed by atoms with Gasteiger partial charge in [0.15, 0.2) is 15.3 Å². The summed E-state index contributed by atoms with van der Waals surface area (Å²) in [5.41, 5.74) is -0.923. The third-order valence-corrected chi connectivity index (χ3v) is 10.0. The number of hydrogen-bond acceptors (Lipinski definition) is 8. The molecule has 0 saturated heterocycles. The Morgan fingerprint density at radius 2 is 1.86 bits per heavy atom. The first kappa shape index (κ1) is 27.1. The fourth-order valence-electron chi connectivity index (χ4n) is 5.58. The molecule has 210 valence electrons. The molecule has 1 unspecified atom stereocenters. The lowest BCUT2D eigenvalue weighted by Crippen LogP contribution is -2.53. The smallest absolute Gasteiger partial charge is 0.297 e. The number of carbonyl (C=O) groups is 2. The Balaban J connectivity index is 1.42. The van der Waals surface area contributed by atoms with E-state index >= 15 is 0 Å². The van der Waals surface area contributed by atoms with Gasteiger partial charge in [0.05, 0.1) is 16.6 Å². The summed E-state index contributed by atoms with van der Waals surface area (Å²) < 4.78 is 20.7. The average molecular weight is 640 g/mol. The highest BCUT2D eigenvalue weighted by Gasteiger charge is 2.66. The Bertz CT molecular complexity index is 2030. The highest BCUT2D eigenvalue weighted by Crippen LogP contribution is 2.54. The fraction of sp³-hybridized carbons (Fsp3) is 0.138. The van der Waals surface area contributed by atoms with Crippen molar-refractivity contribution in [2.45, 2.75) is 22.6 Å². The molecule has 0 fully saturated rings. The van der Waals surface area contributed by atoms with E-state index in [0.29, 0.717) is 31.4 Å². The third kappa shape index (κ3) is 3.77. The van der Waals surface area contributed by atoms with E-state index in [1.165, 1.54) is 27.6 Å². The first-order valence-electron chi connectivity index (χ1n) is 12.7. The number of hydrogen-bond donors (Lipinski definition) is 0. The van der Waals surface area contributed by atoms with Crippen LogP contribution in [0.15, 0.2) is 74.2 Å². The first-order chi connectivity index (χ1) is 20.2. The Labute approximate surface area is 255 Å². The number of thioether (sulfide) groups is 1. The van der Waals surface area contributed by atoms with E-state index < -0.39 is 28.6 Å². The minimum atomic E-state index is -1.92. The minimum absolute atomic E-state index is 0.0323. The van der Waals surface area contributed by atoms with E-state index in [9.17, 15) is 18.8 Å². The molecule has 7 rings (SSSR count). The minimum Gasteiger partial charge on any atom is -0.450 e. The molecule has 0 radical (unpaired) electrons. The second kappa shape index (κ2) is 9.91. The highest BCUT2D eigenvalue weighted by atomic mass is 35.5. The number of rotatable bonds is 5. The van der Waals surface area contributed by atoms with Crippen molar-refractivity contribution in [3.8, 4) is 0 Å². The Hall–Kier alpha value is -3.77. The summed E-state index contributed by atoms with van der Waals surface area (Å²) in [6, 6.07) is 15.6. The van der Waals surface area contributed by atoms with E-state index in [1.54, 1.807) is 43.3 Å². The van der Waals surface area contributed by atoms with Gasteiger partial charge >= 0.3 is 0 Å². The summed E-state index contributed by atoms with van der Waals surface area (Å²) in [6.07, 6.45) is 0. The molecule has 42 heavy (non-hydrogen) atoms. The maximum absolute atomic E-state index is 14.5. The van der Waals surface area contributed by atoms with Gasteiger partial charge in [0, 0.05) is 27.9 Å². The molecule has 0 bridgehead atoms. The quantitative estimate of drug-likeness (QED) is 0.157. The zero-order chi connectivity index (χ0) is 29.3. The van der Waals surface area contributed by atoms with Crippen molar-refractivity contribution in [1.82, 2.24) is 10.2 Å². The third-order valence-electron chi connectivity index (χ3n) is 7.36. The second-order valence-electron chi connectivity index (χ2n) is 9.57. The number of para-hydroxylation sites is 1. The predicted molar refractivity (Wildman–Crippen MR) is 160 cm³/mol. The van der Waals surface area contributed by atoms with Gasteiger partial charge in [0.25, 0.3) is 11.8 Å². The lowest BCUT2D eigenvalue weighted by molar-refractivity contribution is -0.121. The van der Waals surface area contributed by atoms with Gasteiger partial charge in [-0.05, 0) is 48.9 Å². The van der Waals surface area contributed by atoms with Crippen LogP contribution in [0.3, 0.4) is 0 Å². The number of carbonyl (C=O) groups excluding carboxylic acids is 2. The van der Waals surface area contributed by atoms with Crippen LogP contribution in [0.5, 0.6) is 0 Å². The molecule has 2 aromatic heterocycles. The van der Waals surface area contributed by atoms with E-state index in [2.05, 4.69) is 10.2 Å². The predicted octanol–water partition coefficient (Wildman–Crippen LogP) is 6.65. The van der Waals surface area contributed by atoms with Gasteiger partial charge in [-0.15, -0.1) is 10.2 Å². The normalized spacial score (nSPS) is 17.5. The first-order valence-corrected chi connectivity index (χ1v) is 15.2. The molecule has 2 aliphatic rings. The number of fused-ring (bicyclic) bond motifs is 5. The zero-order valence-electron chi connectivity index (χ0n) is 21.6. The molecule has 1 spiro atoms. The van der Waals surface area contributed by atoms with Crippen molar-refractivity contribution in [3.63, 3.8) is 0 Å². The van der Waals surface area contributed by atoms with Crippen LogP contribution in [0.2, 0.25) is 10.0 Å². The van der Waals surface area contributed by atoms with E-state index in [-0.39, 0.29) is 34.0 Å². The van der Waals surface area contributed by atoms with Crippen LogP contribution in [0.4, 0.5) is 15.2 Å². The summed E-state index contributed by atoms with van der Waals surface area (Å²) in [5.74, 6) is -1.73. The summed E-state index contributed by atoms with van der Waals surface area (Å²) in [7, 11) is 0. The molecular weight excluding hydrogens is 622 g/mol. The molecule has 0 saturated carbocycles. The van der Waals surface area contributed by atoms with Crippen molar-refractivity contribution in [2.24, 2.45) is 0 Å². The lowest BCUT2D eigenvalue weighted by Gasteiger charge is -2.31. The highest BCUT2D eigenvalue weighted by molar-refractivity contribution is 8.00. The summed E-state index contributed by atoms with van der Waals surface area (Å²) in [4.78, 5) is 45.4. The molecule has 1 atom stereocenters. The molecular formula is C29H17Cl2FN4O4S2. The van der Waals surface area contributed by atoms with Gasteiger partial charge in [-0.2, -0.15) is 0 Å². The van der Waals surface area contributed by atoms with E-state index in [0.717, 1.165) is 29.0 Å². The number of likely N-dealkylation sites (N-methyl/N-ethyl adjacent to an activating group) is 1. The van der Waals surface area contributed by atoms with Crippen LogP contribution in [-0.2, 0) is 16.1 Å². The van der Waals surface area contributed by atoms with Gasteiger partial charge in [-0.3, -0.25) is 19.3 Å². The van der Waals surface area contributed by atoms with Crippen LogP contribution in [-0.4, -0.2) is 28.6 Å². The zero-order valence-corrected chi connectivity index (χ0v) is 24.7. The van der Waals surface area contributed by atoms with Crippen LogP contribution in [0.25, 0.3) is 11.0 Å². The summed E-state index contributed by atoms with van der Waals surface area (Å²) in [6.45, 7) is 2.08. The number of aromatic nitrogens is 2. The van der Waals surface area contributed by atoms with Crippen molar-refractivity contribution in [1.29, 1.82) is 0 Å². The Kier molecular flexibility index (Phi) is 6.39. The van der Waals surface area contributed by atoms with Gasteiger partial charge in [0.1, 0.15) is 11.4 Å². The van der Waals surface area contributed by atoms with Crippen LogP contribution in [0, 0.1) is 5.82 Å². The van der Waals surface area contributed by atoms with Crippen LogP contribution < -0.4 is 15.2 Å². The molecule has 5 aromatic rings. The maximum atomic E-state index is 14.5. The number of halogens is 3. The summed E-state index contributed by atoms with van der Waals surface area (Å²) >= 11 is 14.8.